The number of rotatable bonds is 11. The van der Waals surface area contributed by atoms with Crippen LogP contribution in [-0.4, -0.2) is 72.0 Å². The molecular weight excluding hydrogens is 512 g/mol. The number of carbonyl (C=O) groups excluding carboxylic acids is 2. The molecule has 2 aliphatic rings. The Morgan fingerprint density at radius 1 is 1.10 bits per heavy atom. The van der Waals surface area contributed by atoms with Gasteiger partial charge in [-0.05, 0) is 30.7 Å². The Balaban J connectivity index is 1.55. The molecule has 0 saturated carbocycles. The number of nitrogens with one attached hydrogen (secondary N) is 1. The van der Waals surface area contributed by atoms with Gasteiger partial charge in [-0.15, -0.1) is 0 Å². The van der Waals surface area contributed by atoms with E-state index in [1.165, 1.54) is 0 Å². The number of ether oxygens (including phenoxy) is 2. The second-order valence-corrected chi connectivity index (χ2v) is 10.2. The van der Waals surface area contributed by atoms with Gasteiger partial charge in [0.05, 0.1) is 25.7 Å². The first-order valence-electron chi connectivity index (χ1n) is 13.9. The van der Waals surface area contributed by atoms with Gasteiger partial charge in [-0.25, -0.2) is 0 Å². The lowest BCUT2D eigenvalue weighted by molar-refractivity contribution is -0.118. The van der Waals surface area contributed by atoms with Crippen molar-refractivity contribution in [3.63, 3.8) is 0 Å². The highest BCUT2D eigenvalue weighted by Crippen LogP contribution is 2.47. The number of hydrogen-bond donors (Lipinski definition) is 3. The Bertz CT molecular complexity index is 1400. The number of para-hydroxylation sites is 2. The third-order valence-corrected chi connectivity index (χ3v) is 7.69. The fourth-order valence-corrected chi connectivity index (χ4v) is 5.73. The highest BCUT2D eigenvalue weighted by atomic mass is 16.5. The average molecular weight is 549 g/mol. The molecule has 4 unspecified atom stereocenters. The van der Waals surface area contributed by atoms with E-state index < -0.39 is 24.2 Å². The van der Waals surface area contributed by atoms with Gasteiger partial charge < -0.3 is 34.3 Å². The van der Waals surface area contributed by atoms with Gasteiger partial charge >= 0.3 is 0 Å². The van der Waals surface area contributed by atoms with E-state index in [1.807, 2.05) is 36.4 Å². The lowest BCUT2D eigenvalue weighted by atomic mass is 9.77. The van der Waals surface area contributed by atoms with Gasteiger partial charge in [-0.1, -0.05) is 56.5 Å². The van der Waals surface area contributed by atoms with Crippen LogP contribution in [0.15, 0.2) is 64.6 Å². The summed E-state index contributed by atoms with van der Waals surface area (Å²) in [4.78, 5) is 29.0. The highest BCUT2D eigenvalue weighted by molar-refractivity contribution is 5.99. The number of aliphatic hydroxyl groups is 2. The van der Waals surface area contributed by atoms with Gasteiger partial charge in [-0.2, -0.15) is 0 Å². The number of hydrogen-bond acceptors (Lipinski definition) is 7. The molecule has 2 heterocycles. The summed E-state index contributed by atoms with van der Waals surface area (Å²) < 4.78 is 17.6. The van der Waals surface area contributed by atoms with E-state index >= 15 is 0 Å². The molecule has 4 atom stereocenters. The molecule has 3 N–H and O–H groups in total. The number of unbranched alkanes of at least 4 members (excludes halogenated alkanes) is 3. The monoisotopic (exact) mass is 548 g/mol. The third-order valence-electron chi connectivity index (χ3n) is 7.69. The minimum Gasteiger partial charge on any atom is -0.493 e. The normalized spacial score (nSPS) is 21.2. The van der Waals surface area contributed by atoms with Gasteiger partial charge in [0.1, 0.15) is 18.0 Å². The van der Waals surface area contributed by atoms with Crippen LogP contribution in [0.25, 0.3) is 11.0 Å². The van der Waals surface area contributed by atoms with E-state index in [1.54, 1.807) is 30.2 Å². The second kappa shape index (κ2) is 12.1. The number of aliphatic hydroxyl groups excluding tert-OH is 2. The van der Waals surface area contributed by atoms with E-state index in [4.69, 9.17) is 13.9 Å². The molecule has 0 saturated heterocycles. The average Bonchev–Trinajstić information content (AvgIpc) is 3.59. The summed E-state index contributed by atoms with van der Waals surface area (Å²) in [5.74, 6) is -0.0183. The molecule has 9 nitrogen and oxygen atoms in total. The molecule has 1 aromatic heterocycles. The van der Waals surface area contributed by atoms with Crippen LogP contribution in [0.1, 0.15) is 54.6 Å². The number of carbonyl (C=O) groups is 2. The van der Waals surface area contributed by atoms with Gasteiger partial charge in [0.15, 0.2) is 17.1 Å². The Morgan fingerprint density at radius 3 is 2.70 bits per heavy atom. The Labute approximate surface area is 233 Å². The summed E-state index contributed by atoms with van der Waals surface area (Å²) in [6.45, 7) is 2.36. The van der Waals surface area contributed by atoms with Crippen LogP contribution in [0.2, 0.25) is 0 Å². The highest BCUT2D eigenvalue weighted by Gasteiger charge is 2.50. The van der Waals surface area contributed by atoms with Crippen molar-refractivity contribution in [3.05, 3.63) is 71.5 Å². The standard InChI is InChI=1S/C31H36N2O7/c1-3-4-5-8-15-33(31(37)25-17-19-10-9-13-24(38-2)28(19)40-25)22-18-21(30(36)32-14-16-34)26-20-11-6-7-12-23(20)39-29(26)27(22)35/h6-7,9-13,17-18,22,26-27,29,34-35H,3-5,8,14-16H2,1-2H3,(H,32,36). The molecule has 3 aromatic rings. The molecule has 1 aliphatic carbocycles. The largest absolute Gasteiger partial charge is 0.493 e. The van der Waals surface area contributed by atoms with E-state index in [0.29, 0.717) is 29.2 Å². The zero-order valence-corrected chi connectivity index (χ0v) is 22.8. The summed E-state index contributed by atoms with van der Waals surface area (Å²) in [6.07, 6.45) is 3.52. The SMILES string of the molecule is CCCCCCN(C(=O)c1cc2cccc(OC)c2o1)C1C=C(C(=O)NCCO)C2c3ccccc3OC2C1O. The molecular formula is C31H36N2O7. The quantitative estimate of drug-likeness (QED) is 0.312. The molecule has 0 spiro atoms. The lowest BCUT2D eigenvalue weighted by Gasteiger charge is -2.40. The van der Waals surface area contributed by atoms with Crippen molar-refractivity contribution in [3.8, 4) is 11.5 Å². The molecule has 0 radical (unpaired) electrons. The van der Waals surface area contributed by atoms with E-state index in [2.05, 4.69) is 12.2 Å². The topological polar surface area (TPSA) is 121 Å². The number of furan rings is 1. The molecule has 0 bridgehead atoms. The van der Waals surface area contributed by atoms with Crippen molar-refractivity contribution in [2.45, 2.75) is 56.8 Å². The zero-order valence-electron chi connectivity index (χ0n) is 22.8. The van der Waals surface area contributed by atoms with E-state index in [0.717, 1.165) is 36.6 Å². The maximum atomic E-state index is 14.1. The van der Waals surface area contributed by atoms with Crippen LogP contribution in [-0.2, 0) is 4.79 Å². The number of benzene rings is 2. The Hall–Kier alpha value is -3.82. The van der Waals surface area contributed by atoms with Crippen LogP contribution in [0.3, 0.4) is 0 Å². The molecule has 0 fully saturated rings. The maximum absolute atomic E-state index is 14.1. The molecule has 2 aromatic carbocycles. The third kappa shape index (κ3) is 5.19. The maximum Gasteiger partial charge on any atom is 0.290 e. The van der Waals surface area contributed by atoms with Crippen molar-refractivity contribution in [1.82, 2.24) is 10.2 Å². The van der Waals surface area contributed by atoms with Gasteiger partial charge in [0.2, 0.25) is 5.91 Å². The summed E-state index contributed by atoms with van der Waals surface area (Å²) in [7, 11) is 1.54. The van der Waals surface area contributed by atoms with Crippen LogP contribution in [0, 0.1) is 0 Å². The Morgan fingerprint density at radius 2 is 1.93 bits per heavy atom. The first-order valence-corrected chi connectivity index (χ1v) is 13.9. The molecule has 212 valence electrons. The van der Waals surface area contributed by atoms with Gasteiger partial charge in [-0.3, -0.25) is 9.59 Å². The van der Waals surface area contributed by atoms with Crippen LogP contribution >= 0.6 is 0 Å². The van der Waals surface area contributed by atoms with Crippen molar-refractivity contribution in [2.24, 2.45) is 0 Å². The number of nitrogens with zero attached hydrogens (tertiary/aromatic N) is 1. The van der Waals surface area contributed by atoms with Gasteiger partial charge in [0, 0.05) is 29.6 Å². The predicted octanol–water partition coefficient (Wildman–Crippen LogP) is 3.79. The fourth-order valence-electron chi connectivity index (χ4n) is 5.73. The van der Waals surface area contributed by atoms with Gasteiger partial charge in [0.25, 0.3) is 5.91 Å². The predicted molar refractivity (Wildman–Crippen MR) is 150 cm³/mol. The fraction of sp³-hybridized carbons (Fsp3) is 0.419. The van der Waals surface area contributed by atoms with Crippen LogP contribution in [0.4, 0.5) is 0 Å². The summed E-state index contributed by atoms with van der Waals surface area (Å²) in [5, 5.41) is 24.5. The van der Waals surface area contributed by atoms with Crippen molar-refractivity contribution in [2.75, 3.05) is 26.8 Å². The lowest BCUT2D eigenvalue weighted by Crippen LogP contribution is -2.56. The van der Waals surface area contributed by atoms with Crippen molar-refractivity contribution >= 4 is 22.8 Å². The molecule has 5 rings (SSSR count). The van der Waals surface area contributed by atoms with E-state index in [-0.39, 0.29) is 30.7 Å². The molecule has 1 aliphatic heterocycles. The second-order valence-electron chi connectivity index (χ2n) is 10.2. The minimum absolute atomic E-state index is 0.0871. The number of amides is 2. The molecule has 2 amide bonds. The summed E-state index contributed by atoms with van der Waals surface area (Å²) in [5.41, 5.74) is 1.68. The van der Waals surface area contributed by atoms with Crippen LogP contribution in [0.5, 0.6) is 11.5 Å². The summed E-state index contributed by atoms with van der Waals surface area (Å²) in [6, 6.07) is 13.7. The Kier molecular flexibility index (Phi) is 8.42. The molecule has 9 heteroatoms. The minimum atomic E-state index is -1.10. The zero-order chi connectivity index (χ0) is 28.2. The number of fused-ring (bicyclic) bond motifs is 4. The first kappa shape index (κ1) is 27.7. The summed E-state index contributed by atoms with van der Waals surface area (Å²) >= 11 is 0. The van der Waals surface area contributed by atoms with Crippen molar-refractivity contribution < 1.29 is 33.7 Å². The van der Waals surface area contributed by atoms with Crippen molar-refractivity contribution in [1.29, 1.82) is 0 Å². The van der Waals surface area contributed by atoms with E-state index in [9.17, 15) is 19.8 Å². The molecule has 40 heavy (non-hydrogen) atoms. The first-order chi connectivity index (χ1) is 19.5. The van der Waals surface area contributed by atoms with Crippen LogP contribution < -0.4 is 14.8 Å². The number of methoxy groups -OCH3 is 1. The smallest absolute Gasteiger partial charge is 0.290 e.